The molecule has 0 aromatic rings. The van der Waals surface area contributed by atoms with Crippen molar-refractivity contribution in [2.45, 2.75) is 34.9 Å². The van der Waals surface area contributed by atoms with Crippen LogP contribution in [0, 0.1) is 5.92 Å². The van der Waals surface area contributed by atoms with Gasteiger partial charge in [0.25, 0.3) is 0 Å². The smallest absolute Gasteiger partial charge is 0.102 e. The zero-order valence-corrected chi connectivity index (χ0v) is 12.5. The molecule has 0 fully saturated rings. The Bertz CT molecular complexity index is 55.9. The average Bonchev–Trinajstić information content (AvgIpc) is 1.91. The van der Waals surface area contributed by atoms with Gasteiger partial charge in [0.15, 0.2) is 0 Å². The summed E-state index contributed by atoms with van der Waals surface area (Å²) < 4.78 is 31.8. The van der Waals surface area contributed by atoms with Gasteiger partial charge in [-0.2, -0.15) is 0 Å². The van der Waals surface area contributed by atoms with Crippen LogP contribution in [0.2, 0.25) is 0 Å². The normalized spacial score (nSPS) is 11.5. The van der Waals surface area contributed by atoms with Crippen LogP contribution in [0.4, 0.5) is 13.3 Å². The largest absolute Gasteiger partial charge is 0.251 e. The van der Waals surface area contributed by atoms with Crippen LogP contribution in [0.25, 0.3) is 0 Å². The fraction of sp³-hybridized carbons (Fsp3) is 1.00. The van der Waals surface area contributed by atoms with Crippen molar-refractivity contribution in [3.8, 4) is 0 Å². The Morgan fingerprint density at radius 1 is 1.17 bits per heavy atom. The van der Waals surface area contributed by atoms with E-state index in [2.05, 4.69) is 0 Å². The third-order valence-electron chi connectivity index (χ3n) is 1.03. The minimum absolute atomic E-state index is 0. The zero-order chi connectivity index (χ0) is 7.86. The summed E-state index contributed by atoms with van der Waals surface area (Å²) in [6.07, 6.45) is -1.01. The van der Waals surface area contributed by atoms with Gasteiger partial charge in [0.2, 0.25) is 0 Å². The Balaban J connectivity index is -0.0000000303. The molecular weight excluding hydrogens is 424 g/mol. The zero-order valence-electron chi connectivity index (χ0n) is 6.15. The molecule has 0 aliphatic rings. The molecule has 0 amide bonds. The summed E-state index contributed by atoms with van der Waals surface area (Å²) in [6, 6.07) is 0. The van der Waals surface area contributed by atoms with Gasteiger partial charge in [-0.1, -0.05) is 26.3 Å². The maximum Gasteiger partial charge on any atom is 0.102 e. The minimum atomic E-state index is -1.01. The molecule has 76 valence electrons. The van der Waals surface area contributed by atoms with E-state index in [4.69, 9.17) is 9.84 Å². The van der Waals surface area contributed by atoms with E-state index in [1.165, 1.54) is 6.92 Å². The molecule has 0 saturated heterocycles. The van der Waals surface area contributed by atoms with Gasteiger partial charge >= 0.3 is 0 Å². The van der Waals surface area contributed by atoms with Crippen LogP contribution < -0.4 is 0 Å². The van der Waals surface area contributed by atoms with Crippen molar-refractivity contribution in [3.05, 3.63) is 0 Å². The maximum absolute atomic E-state index is 11.9. The van der Waals surface area contributed by atoms with Crippen LogP contribution >= 0.6 is 0 Å². The standard InChI is InChI=1S/C5H10F2.2CH4.FHO.Rf/c1-4(3-6)5(2)7;;;1-2;/h4-5H,3H2,1-2H3;2*1H4;2H;. The molecule has 2 atom stereocenters. The molecule has 5 heteroatoms. The third-order valence-corrected chi connectivity index (χ3v) is 1.03. The number of hydrogen-bond acceptors (Lipinski definition) is 1. The van der Waals surface area contributed by atoms with E-state index in [9.17, 15) is 8.78 Å². The quantitative estimate of drug-likeness (QED) is 0.696. The van der Waals surface area contributed by atoms with Crippen LogP contribution in [0.1, 0.15) is 28.7 Å². The van der Waals surface area contributed by atoms with Crippen molar-refractivity contribution < 1.29 is 18.6 Å². The van der Waals surface area contributed by atoms with E-state index >= 15 is 0 Å². The molecule has 0 aromatic heterocycles. The van der Waals surface area contributed by atoms with Gasteiger partial charge in [0.05, 0.1) is 6.67 Å². The second-order valence-electron chi connectivity index (χ2n) is 1.81. The summed E-state index contributed by atoms with van der Waals surface area (Å²) >= 11 is 0. The molecule has 0 aliphatic heterocycles. The van der Waals surface area contributed by atoms with E-state index in [1.54, 1.807) is 6.92 Å². The summed E-state index contributed by atoms with van der Waals surface area (Å²) in [5, 5.41) is 5.50. The van der Waals surface area contributed by atoms with Crippen LogP contribution in [0.3, 0.4) is 0 Å². The average molecular weight is 443 g/mol. The Labute approximate surface area is 67.1 Å². The van der Waals surface area contributed by atoms with Gasteiger partial charge in [-0.05, 0) is 6.92 Å². The first-order chi connectivity index (χ1) is 4.18. The van der Waals surface area contributed by atoms with Gasteiger partial charge in [0, 0.05) is 5.92 Å². The summed E-state index contributed by atoms with van der Waals surface area (Å²) in [4.78, 5) is 0. The molecule has 0 rings (SSSR count). The number of hydrogen-bond donors (Lipinski definition) is 1. The molecule has 12 heavy (non-hydrogen) atoms. The molecular formula is C7H19F3ORf. The SMILES string of the molecule is C.C.CC(F)C(C)CF.OF.[Rf]. The number of halogens is 3. The predicted octanol–water partition coefficient (Wildman–Crippen LogP) is 3.09. The van der Waals surface area contributed by atoms with E-state index in [0.717, 1.165) is 0 Å². The first kappa shape index (κ1) is 30.9. The van der Waals surface area contributed by atoms with Crippen LogP contribution in [0.15, 0.2) is 0 Å². The van der Waals surface area contributed by atoms with Crippen molar-refractivity contribution in [2.24, 2.45) is 5.92 Å². The number of alkyl halides is 2. The van der Waals surface area contributed by atoms with E-state index < -0.39 is 18.8 Å². The minimum Gasteiger partial charge on any atom is -0.251 e. The molecule has 0 heterocycles. The van der Waals surface area contributed by atoms with Crippen molar-refractivity contribution in [3.63, 3.8) is 0 Å². The maximum atomic E-state index is 11.9. The molecule has 1 N–H and O–H groups in total. The molecule has 0 saturated carbocycles. The molecule has 1 nitrogen and oxygen atoms in total. The molecule has 0 aromatic carbocycles. The topological polar surface area (TPSA) is 20.2 Å². The Hall–Kier alpha value is -1.25. The molecule has 0 radical (unpaired) electrons. The summed E-state index contributed by atoms with van der Waals surface area (Å²) in [5.74, 6) is -0.431. The van der Waals surface area contributed by atoms with Crippen molar-refractivity contribution in [1.82, 2.24) is 0 Å². The second-order valence-corrected chi connectivity index (χ2v) is 1.81. The second kappa shape index (κ2) is 22.6. The third kappa shape index (κ3) is 23.3. The van der Waals surface area contributed by atoms with Crippen molar-refractivity contribution in [1.29, 1.82) is 0 Å². The summed E-state index contributed by atoms with van der Waals surface area (Å²) in [6.45, 7) is 2.35. The van der Waals surface area contributed by atoms with Crippen molar-refractivity contribution in [2.75, 3.05) is 6.67 Å². The van der Waals surface area contributed by atoms with Crippen LogP contribution in [-0.4, -0.2) is 18.2 Å². The molecule has 0 spiro atoms. The van der Waals surface area contributed by atoms with Gasteiger partial charge in [-0.25, -0.2) is 9.70 Å². The molecule has 0 bridgehead atoms. The van der Waals surface area contributed by atoms with E-state index in [-0.39, 0.29) is 14.9 Å². The predicted molar refractivity (Wildman–Crippen MR) is 42.5 cm³/mol. The monoisotopic (exact) mass is 443 g/mol. The fourth-order valence-corrected chi connectivity index (χ4v) is 0.123. The first-order valence-corrected chi connectivity index (χ1v) is 2.55. The number of rotatable bonds is 2. The molecule has 0 aliphatic carbocycles. The molecule has 2 unspecified atom stereocenters. The van der Waals surface area contributed by atoms with Gasteiger partial charge in [0.1, 0.15) is 6.17 Å². The van der Waals surface area contributed by atoms with E-state index in [0.29, 0.717) is 0 Å². The fourth-order valence-electron chi connectivity index (χ4n) is 0.123. The van der Waals surface area contributed by atoms with Crippen molar-refractivity contribution >= 4 is 0 Å². The Morgan fingerprint density at radius 3 is 1.42 bits per heavy atom. The summed E-state index contributed by atoms with van der Waals surface area (Å²) in [7, 11) is 0. The van der Waals surface area contributed by atoms with Gasteiger partial charge in [-0.15, -0.1) is 0 Å². The summed E-state index contributed by atoms with van der Waals surface area (Å²) in [5.41, 5.74) is 0. The van der Waals surface area contributed by atoms with E-state index in [1.807, 2.05) is 0 Å². The Morgan fingerprint density at radius 2 is 1.42 bits per heavy atom. The first-order valence-electron chi connectivity index (χ1n) is 2.55. The van der Waals surface area contributed by atoms with Crippen LogP contribution in [-0.2, 0) is 0 Å². The van der Waals surface area contributed by atoms with Gasteiger partial charge in [-0.3, -0.25) is 4.39 Å². The van der Waals surface area contributed by atoms with Gasteiger partial charge < -0.3 is 0 Å². The van der Waals surface area contributed by atoms with Crippen LogP contribution in [0.5, 0.6) is 0 Å². The Kier molecular flexibility index (Phi) is 58.2.